The fourth-order valence-electron chi connectivity index (χ4n) is 0.150. The summed E-state index contributed by atoms with van der Waals surface area (Å²) < 4.78 is 41.5. The molecule has 1 unspecified atom stereocenters. The summed E-state index contributed by atoms with van der Waals surface area (Å²) in [6.45, 7) is 0. The van der Waals surface area contributed by atoms with E-state index in [4.69, 9.17) is 0 Å². The monoisotopic (exact) mass is 164 g/mol. The lowest BCUT2D eigenvalue weighted by molar-refractivity contribution is 0.461. The van der Waals surface area contributed by atoms with E-state index in [1.807, 2.05) is 0 Å². The first-order chi connectivity index (χ1) is 3.42. The molecule has 0 aromatic carbocycles. The van der Waals surface area contributed by atoms with Crippen LogP contribution in [0.2, 0.25) is 0 Å². The Morgan fingerprint density at radius 3 is 2.00 bits per heavy atom. The van der Waals surface area contributed by atoms with E-state index in [9.17, 15) is 16.7 Å². The van der Waals surface area contributed by atoms with E-state index in [1.165, 1.54) is 0 Å². The van der Waals surface area contributed by atoms with Crippen molar-refractivity contribution in [2.24, 2.45) is 0 Å². The third kappa shape index (κ3) is 6.10. The van der Waals surface area contributed by atoms with Gasteiger partial charge in [-0.2, -0.15) is 8.42 Å². The summed E-state index contributed by atoms with van der Waals surface area (Å²) in [6.07, 6.45) is 0. The van der Waals surface area contributed by atoms with E-state index < -0.39 is 21.6 Å². The molecule has 0 aliphatic rings. The van der Waals surface area contributed by atoms with Gasteiger partial charge in [-0.05, 0) is 0 Å². The average molecular weight is 165 g/mol. The van der Waals surface area contributed by atoms with Crippen LogP contribution in [0.15, 0.2) is 0 Å². The molecule has 6 heteroatoms. The predicted octanol–water partition coefficient (Wildman–Crippen LogP) is 0.820. The maximum absolute atomic E-state index is 11.3. The summed E-state index contributed by atoms with van der Waals surface area (Å²) in [4.78, 5) is 0. The zero-order valence-electron chi connectivity index (χ0n) is 3.64. The molecule has 0 aromatic heterocycles. The molecule has 0 radical (unpaired) electrons. The molecule has 0 saturated heterocycles. The zero-order chi connectivity index (χ0) is 6.78. The largest absolute Gasteiger partial charge is 0.306 e. The molecule has 1 atom stereocenters. The van der Waals surface area contributed by atoms with Crippen LogP contribution >= 0.6 is 11.6 Å². The Hall–Kier alpha value is 0.1000. The summed E-state index contributed by atoms with van der Waals surface area (Å²) in [6, 6.07) is 0. The molecule has 0 heterocycles. The molecular weight excluding hydrogens is 162 g/mol. The highest BCUT2D eigenvalue weighted by molar-refractivity contribution is 7.86. The van der Waals surface area contributed by atoms with Gasteiger partial charge in [0.25, 0.3) is 0 Å². The van der Waals surface area contributed by atoms with Crippen molar-refractivity contribution in [3.8, 4) is 0 Å². The number of alkyl halides is 2. The fourth-order valence-corrected chi connectivity index (χ4v) is 0.903. The van der Waals surface area contributed by atoms with Gasteiger partial charge in [0.15, 0.2) is 5.63 Å². The smallest absolute Gasteiger partial charge is 0.229 e. The molecule has 0 aliphatic carbocycles. The lowest BCUT2D eigenvalue weighted by atomic mass is 10.9. The second-order valence-corrected chi connectivity index (χ2v) is 2.98. The van der Waals surface area contributed by atoms with Crippen molar-refractivity contribution >= 4 is 21.8 Å². The first kappa shape index (κ1) is 8.10. The lowest BCUT2D eigenvalue weighted by Crippen LogP contribution is -2.06. The van der Waals surface area contributed by atoms with Gasteiger partial charge in [0, 0.05) is 0 Å². The maximum atomic E-state index is 11.3. The van der Waals surface area contributed by atoms with Crippen molar-refractivity contribution in [2.45, 2.75) is 5.63 Å². The van der Waals surface area contributed by atoms with Crippen LogP contribution in [0.4, 0.5) is 8.28 Å². The minimum atomic E-state index is -4.73. The van der Waals surface area contributed by atoms with Gasteiger partial charge < -0.3 is 0 Å². The molecule has 0 amide bonds. The molecule has 0 aliphatic heterocycles. The van der Waals surface area contributed by atoms with E-state index >= 15 is 0 Å². The number of hydrogen-bond acceptors (Lipinski definition) is 2. The van der Waals surface area contributed by atoms with Gasteiger partial charge >= 0.3 is 10.2 Å². The molecule has 0 rings (SSSR count). The number of hydrogen-bond donors (Lipinski definition) is 0. The Kier molecular flexibility index (Phi) is 2.62. The van der Waals surface area contributed by atoms with Crippen LogP contribution < -0.4 is 0 Å². The lowest BCUT2D eigenvalue weighted by Gasteiger charge is -1.89. The molecule has 0 spiro atoms. The molecular formula is C2H3ClF2O2S. The van der Waals surface area contributed by atoms with Gasteiger partial charge in [-0.15, -0.1) is 3.89 Å². The van der Waals surface area contributed by atoms with Crippen molar-refractivity contribution in [2.75, 3.05) is 5.75 Å². The summed E-state index contributed by atoms with van der Waals surface area (Å²) in [5, 5.41) is 0. The zero-order valence-corrected chi connectivity index (χ0v) is 5.22. The first-order valence-electron chi connectivity index (χ1n) is 1.62. The minimum Gasteiger partial charge on any atom is -0.229 e. The summed E-state index contributed by atoms with van der Waals surface area (Å²) in [5.74, 6) is -1.27. The second kappa shape index (κ2) is 2.59. The summed E-state index contributed by atoms with van der Waals surface area (Å²) in [5.41, 5.74) is -2.15. The highest BCUT2D eigenvalue weighted by Crippen LogP contribution is 2.02. The number of halogens is 3. The molecule has 0 fully saturated rings. The minimum absolute atomic E-state index is 1.27. The van der Waals surface area contributed by atoms with Crippen molar-refractivity contribution in [3.05, 3.63) is 0 Å². The number of rotatable bonds is 2. The van der Waals surface area contributed by atoms with Gasteiger partial charge in [0.2, 0.25) is 0 Å². The van der Waals surface area contributed by atoms with Gasteiger partial charge in [0.1, 0.15) is 5.75 Å². The molecule has 0 N–H and O–H groups in total. The van der Waals surface area contributed by atoms with Crippen LogP contribution in [0.5, 0.6) is 0 Å². The second-order valence-electron chi connectivity index (χ2n) is 1.10. The highest BCUT2D eigenvalue weighted by atomic mass is 35.5. The van der Waals surface area contributed by atoms with E-state index in [0.29, 0.717) is 0 Å². The Morgan fingerprint density at radius 1 is 1.62 bits per heavy atom. The molecule has 2 nitrogen and oxygen atoms in total. The third-order valence-electron chi connectivity index (χ3n) is 0.325. The molecule has 0 aromatic rings. The van der Waals surface area contributed by atoms with Crippen molar-refractivity contribution in [1.29, 1.82) is 0 Å². The third-order valence-corrected chi connectivity index (χ3v) is 1.35. The Labute approximate surface area is 50.7 Å². The molecule has 8 heavy (non-hydrogen) atoms. The Morgan fingerprint density at radius 2 is 2.00 bits per heavy atom. The van der Waals surface area contributed by atoms with Crippen LogP contribution in [-0.4, -0.2) is 19.8 Å². The first-order valence-corrected chi connectivity index (χ1v) is 3.61. The van der Waals surface area contributed by atoms with Crippen molar-refractivity contribution in [3.63, 3.8) is 0 Å². The normalized spacial score (nSPS) is 15.9. The maximum Gasteiger partial charge on any atom is 0.306 e. The van der Waals surface area contributed by atoms with Gasteiger partial charge in [-0.1, -0.05) is 11.6 Å². The Balaban J connectivity index is 3.75. The molecule has 0 bridgehead atoms. The van der Waals surface area contributed by atoms with E-state index in [0.717, 1.165) is 0 Å². The average Bonchev–Trinajstić information content (AvgIpc) is 1.21. The van der Waals surface area contributed by atoms with Crippen LogP contribution in [0.25, 0.3) is 0 Å². The standard InChI is InChI=1S/C2H3ClF2O2S/c3-2(4)1-8(5,6)7/h2H,1H2. The summed E-state index contributed by atoms with van der Waals surface area (Å²) >= 11 is 4.48. The Bertz CT molecular complexity index is 151. The van der Waals surface area contributed by atoms with Crippen LogP contribution in [0.3, 0.4) is 0 Å². The van der Waals surface area contributed by atoms with E-state index in [2.05, 4.69) is 11.6 Å². The van der Waals surface area contributed by atoms with Gasteiger partial charge in [0.05, 0.1) is 0 Å². The topological polar surface area (TPSA) is 34.1 Å². The van der Waals surface area contributed by atoms with E-state index in [1.54, 1.807) is 0 Å². The summed E-state index contributed by atoms with van der Waals surface area (Å²) in [7, 11) is -4.73. The van der Waals surface area contributed by atoms with E-state index in [-0.39, 0.29) is 0 Å². The quantitative estimate of drug-likeness (QED) is 0.447. The molecule has 50 valence electrons. The SMILES string of the molecule is O=S(=O)(F)CC(F)Cl. The molecule has 0 saturated carbocycles. The fraction of sp³-hybridized carbons (Fsp3) is 1.00. The van der Waals surface area contributed by atoms with Crippen molar-refractivity contribution < 1.29 is 16.7 Å². The van der Waals surface area contributed by atoms with Crippen LogP contribution in [-0.2, 0) is 10.2 Å². The highest BCUT2D eigenvalue weighted by Gasteiger charge is 2.13. The van der Waals surface area contributed by atoms with Gasteiger partial charge in [-0.3, -0.25) is 0 Å². The van der Waals surface area contributed by atoms with Crippen molar-refractivity contribution in [1.82, 2.24) is 0 Å². The predicted molar refractivity (Wildman–Crippen MR) is 25.6 cm³/mol. The van der Waals surface area contributed by atoms with Crippen LogP contribution in [0.1, 0.15) is 0 Å². The van der Waals surface area contributed by atoms with Crippen LogP contribution in [0, 0.1) is 0 Å². The van der Waals surface area contributed by atoms with Gasteiger partial charge in [-0.25, -0.2) is 4.39 Å².